The Bertz CT molecular complexity index is 759. The fourth-order valence-corrected chi connectivity index (χ4v) is 2.43. The highest BCUT2D eigenvalue weighted by molar-refractivity contribution is 6.52. The standard InChI is InChI=1S/C13H10ClFN4O2/c1-2-19-11(16-6-17-19)5-18-10-4-9(15)8(14)3-7(10)12(20)13(18)21/h3-4,6H,2,5H2,1H3. The number of hydrogen-bond donors (Lipinski definition) is 0. The average Bonchev–Trinajstić information content (AvgIpc) is 3.00. The van der Waals surface area contributed by atoms with Gasteiger partial charge in [0.25, 0.3) is 11.7 Å². The second-order valence-corrected chi connectivity index (χ2v) is 4.90. The quantitative estimate of drug-likeness (QED) is 0.811. The Morgan fingerprint density at radius 2 is 2.10 bits per heavy atom. The molecule has 3 rings (SSSR count). The van der Waals surface area contributed by atoms with E-state index in [4.69, 9.17) is 11.6 Å². The van der Waals surface area contributed by atoms with Crippen LogP contribution in [0.3, 0.4) is 0 Å². The minimum Gasteiger partial charge on any atom is -0.297 e. The Hall–Kier alpha value is -2.28. The molecule has 1 aliphatic heterocycles. The lowest BCUT2D eigenvalue weighted by molar-refractivity contribution is -0.114. The lowest BCUT2D eigenvalue weighted by Crippen LogP contribution is -2.30. The van der Waals surface area contributed by atoms with Crippen molar-refractivity contribution in [2.24, 2.45) is 0 Å². The second kappa shape index (κ2) is 4.92. The number of fused-ring (bicyclic) bond motifs is 1. The van der Waals surface area contributed by atoms with Gasteiger partial charge in [-0.1, -0.05) is 11.6 Å². The summed E-state index contributed by atoms with van der Waals surface area (Å²) in [6.45, 7) is 2.50. The molecule has 21 heavy (non-hydrogen) atoms. The SMILES string of the molecule is CCn1ncnc1CN1C(=O)C(=O)c2cc(Cl)c(F)cc21. The molecule has 0 atom stereocenters. The number of benzene rings is 1. The summed E-state index contributed by atoms with van der Waals surface area (Å²) >= 11 is 5.66. The van der Waals surface area contributed by atoms with E-state index in [1.165, 1.54) is 17.3 Å². The van der Waals surface area contributed by atoms with Crippen LogP contribution in [-0.4, -0.2) is 26.5 Å². The van der Waals surface area contributed by atoms with E-state index in [0.717, 1.165) is 6.07 Å². The van der Waals surface area contributed by atoms with Crippen LogP contribution in [0.15, 0.2) is 18.5 Å². The number of nitrogens with zero attached hydrogens (tertiary/aromatic N) is 4. The van der Waals surface area contributed by atoms with Crippen LogP contribution in [0.5, 0.6) is 0 Å². The van der Waals surface area contributed by atoms with Crippen molar-refractivity contribution in [1.82, 2.24) is 14.8 Å². The third-order valence-corrected chi connectivity index (χ3v) is 3.60. The highest BCUT2D eigenvalue weighted by Gasteiger charge is 2.37. The van der Waals surface area contributed by atoms with Gasteiger partial charge in [-0.2, -0.15) is 5.10 Å². The van der Waals surface area contributed by atoms with E-state index in [-0.39, 0.29) is 22.8 Å². The second-order valence-electron chi connectivity index (χ2n) is 4.50. The maximum Gasteiger partial charge on any atom is 0.299 e. The number of ketones is 1. The predicted octanol–water partition coefficient (Wildman–Crippen LogP) is 1.82. The molecule has 2 aromatic rings. The summed E-state index contributed by atoms with van der Waals surface area (Å²) in [5.74, 6) is -1.59. The van der Waals surface area contributed by atoms with Crippen LogP contribution in [0.25, 0.3) is 0 Å². The highest BCUT2D eigenvalue weighted by atomic mass is 35.5. The topological polar surface area (TPSA) is 68.1 Å². The third-order valence-electron chi connectivity index (χ3n) is 3.31. The zero-order valence-electron chi connectivity index (χ0n) is 11.0. The maximum atomic E-state index is 13.6. The molecular formula is C13H10ClFN4O2. The van der Waals surface area contributed by atoms with Gasteiger partial charge in [-0.3, -0.25) is 14.5 Å². The maximum absolute atomic E-state index is 13.6. The van der Waals surface area contributed by atoms with Gasteiger partial charge in [-0.25, -0.2) is 14.1 Å². The number of rotatable bonds is 3. The lowest BCUT2D eigenvalue weighted by atomic mass is 10.1. The van der Waals surface area contributed by atoms with Crippen molar-refractivity contribution < 1.29 is 14.0 Å². The molecule has 0 radical (unpaired) electrons. The van der Waals surface area contributed by atoms with Gasteiger partial charge in [0.15, 0.2) is 0 Å². The zero-order chi connectivity index (χ0) is 15.1. The van der Waals surface area contributed by atoms with Gasteiger partial charge in [0.1, 0.15) is 18.0 Å². The Balaban J connectivity index is 2.03. The van der Waals surface area contributed by atoms with Gasteiger partial charge in [-0.05, 0) is 19.1 Å². The number of amides is 1. The number of halogens is 2. The molecule has 6 nitrogen and oxygen atoms in total. The molecule has 1 amide bonds. The Morgan fingerprint density at radius 1 is 1.33 bits per heavy atom. The summed E-state index contributed by atoms with van der Waals surface area (Å²) < 4.78 is 15.2. The van der Waals surface area contributed by atoms with E-state index in [1.54, 1.807) is 4.68 Å². The number of anilines is 1. The molecule has 1 aromatic carbocycles. The van der Waals surface area contributed by atoms with Gasteiger partial charge >= 0.3 is 0 Å². The molecule has 8 heteroatoms. The molecule has 0 unspecified atom stereocenters. The molecule has 0 saturated heterocycles. The van der Waals surface area contributed by atoms with E-state index in [2.05, 4.69) is 10.1 Å². The Morgan fingerprint density at radius 3 is 2.81 bits per heavy atom. The first-order chi connectivity index (χ1) is 10.0. The van der Waals surface area contributed by atoms with Gasteiger partial charge in [0.05, 0.1) is 22.8 Å². The Kier molecular flexibility index (Phi) is 3.21. The predicted molar refractivity (Wildman–Crippen MR) is 72.6 cm³/mol. The van der Waals surface area contributed by atoms with Crippen LogP contribution >= 0.6 is 11.6 Å². The summed E-state index contributed by atoms with van der Waals surface area (Å²) in [6.07, 6.45) is 1.37. The van der Waals surface area contributed by atoms with Crippen molar-refractivity contribution >= 4 is 29.0 Å². The number of carbonyl (C=O) groups is 2. The summed E-state index contributed by atoms with van der Waals surface area (Å²) in [4.78, 5) is 29.2. The first-order valence-corrected chi connectivity index (χ1v) is 6.62. The molecule has 2 heterocycles. The molecular weight excluding hydrogens is 299 g/mol. The van der Waals surface area contributed by atoms with Crippen LogP contribution in [-0.2, 0) is 17.9 Å². The van der Waals surface area contributed by atoms with E-state index in [9.17, 15) is 14.0 Å². The van der Waals surface area contributed by atoms with Crippen LogP contribution < -0.4 is 4.90 Å². The molecule has 1 aromatic heterocycles. The molecule has 0 spiro atoms. The average molecular weight is 309 g/mol. The van der Waals surface area contributed by atoms with Crippen LogP contribution in [0, 0.1) is 5.82 Å². The van der Waals surface area contributed by atoms with Crippen LogP contribution in [0.4, 0.5) is 10.1 Å². The van der Waals surface area contributed by atoms with Crippen molar-refractivity contribution in [3.8, 4) is 0 Å². The largest absolute Gasteiger partial charge is 0.299 e. The van der Waals surface area contributed by atoms with Gasteiger partial charge < -0.3 is 0 Å². The number of Topliss-reactive ketones (excluding diaryl/α,β-unsaturated/α-hetero) is 1. The zero-order valence-corrected chi connectivity index (χ0v) is 11.8. The summed E-state index contributed by atoms with van der Waals surface area (Å²) in [6, 6.07) is 2.27. The molecule has 0 saturated carbocycles. The van der Waals surface area contributed by atoms with E-state index in [1.807, 2.05) is 6.92 Å². The van der Waals surface area contributed by atoms with E-state index >= 15 is 0 Å². The first-order valence-electron chi connectivity index (χ1n) is 6.24. The smallest absolute Gasteiger partial charge is 0.297 e. The minimum absolute atomic E-state index is 0.0481. The molecule has 0 N–H and O–H groups in total. The van der Waals surface area contributed by atoms with Crippen molar-refractivity contribution in [1.29, 1.82) is 0 Å². The number of hydrogen-bond acceptors (Lipinski definition) is 4. The summed E-state index contributed by atoms with van der Waals surface area (Å²) in [5, 5.41) is 3.81. The van der Waals surface area contributed by atoms with Crippen molar-refractivity contribution in [2.75, 3.05) is 4.90 Å². The van der Waals surface area contributed by atoms with E-state index in [0.29, 0.717) is 12.4 Å². The van der Waals surface area contributed by atoms with Gasteiger partial charge in [-0.15, -0.1) is 0 Å². The van der Waals surface area contributed by atoms with Gasteiger partial charge in [0.2, 0.25) is 0 Å². The lowest BCUT2D eigenvalue weighted by Gasteiger charge is -2.16. The molecule has 0 fully saturated rings. The van der Waals surface area contributed by atoms with E-state index < -0.39 is 17.5 Å². The number of aromatic nitrogens is 3. The third kappa shape index (κ3) is 2.09. The van der Waals surface area contributed by atoms with Crippen molar-refractivity contribution in [3.63, 3.8) is 0 Å². The fraction of sp³-hybridized carbons (Fsp3) is 0.231. The first kappa shape index (κ1) is 13.7. The van der Waals surface area contributed by atoms with Crippen LogP contribution in [0.2, 0.25) is 5.02 Å². The normalized spacial score (nSPS) is 14.0. The fourth-order valence-electron chi connectivity index (χ4n) is 2.26. The monoisotopic (exact) mass is 308 g/mol. The van der Waals surface area contributed by atoms with Crippen LogP contribution in [0.1, 0.15) is 23.1 Å². The van der Waals surface area contributed by atoms with Crippen molar-refractivity contribution in [2.45, 2.75) is 20.0 Å². The molecule has 108 valence electrons. The van der Waals surface area contributed by atoms with Crippen molar-refractivity contribution in [3.05, 3.63) is 40.7 Å². The number of carbonyl (C=O) groups excluding carboxylic acids is 2. The molecule has 0 bridgehead atoms. The molecule has 1 aliphatic rings. The summed E-state index contributed by atoms with van der Waals surface area (Å²) in [5.41, 5.74) is 0.312. The Labute approximate surface area is 124 Å². The highest BCUT2D eigenvalue weighted by Crippen LogP contribution is 2.33. The van der Waals surface area contributed by atoms with Gasteiger partial charge in [0, 0.05) is 6.54 Å². The minimum atomic E-state index is -0.725. The summed E-state index contributed by atoms with van der Waals surface area (Å²) in [7, 11) is 0. The molecule has 0 aliphatic carbocycles. The number of aryl methyl sites for hydroxylation is 1.